The maximum Gasteiger partial charge on any atom is 0.139 e. The summed E-state index contributed by atoms with van der Waals surface area (Å²) in [5, 5.41) is 3.94. The molecular formula is C10H15ClN2OS. The van der Waals surface area contributed by atoms with Crippen LogP contribution >= 0.6 is 23.1 Å². The molecule has 1 aliphatic carbocycles. The molecule has 1 aromatic heterocycles. The third kappa shape index (κ3) is 3.40. The molecule has 1 saturated carbocycles. The van der Waals surface area contributed by atoms with Crippen molar-refractivity contribution in [3.05, 3.63) is 10.0 Å². The van der Waals surface area contributed by atoms with Crippen molar-refractivity contribution in [1.82, 2.24) is 9.59 Å². The molecule has 0 bridgehead atoms. The third-order valence-electron chi connectivity index (χ3n) is 2.77. The lowest BCUT2D eigenvalue weighted by atomic mass is 10.1. The van der Waals surface area contributed by atoms with Gasteiger partial charge in [-0.05, 0) is 12.8 Å². The van der Waals surface area contributed by atoms with E-state index in [0.717, 1.165) is 5.69 Å². The van der Waals surface area contributed by atoms with Crippen molar-refractivity contribution in [2.24, 2.45) is 0 Å². The van der Waals surface area contributed by atoms with Gasteiger partial charge in [0.2, 0.25) is 0 Å². The van der Waals surface area contributed by atoms with E-state index >= 15 is 0 Å². The molecule has 0 aliphatic heterocycles. The molecule has 1 heterocycles. The van der Waals surface area contributed by atoms with Crippen LogP contribution in [0.4, 0.5) is 0 Å². The molecule has 0 radical (unpaired) electrons. The van der Waals surface area contributed by atoms with Gasteiger partial charge in [-0.25, -0.2) is 0 Å². The summed E-state index contributed by atoms with van der Waals surface area (Å²) in [5.41, 5.74) is 0.783. The van der Waals surface area contributed by atoms with Gasteiger partial charge in [0.15, 0.2) is 0 Å². The van der Waals surface area contributed by atoms with Crippen LogP contribution < -0.4 is 0 Å². The topological polar surface area (TPSA) is 35.0 Å². The number of halogens is 1. The quantitative estimate of drug-likeness (QED) is 0.767. The van der Waals surface area contributed by atoms with E-state index in [1.54, 1.807) is 0 Å². The van der Waals surface area contributed by atoms with Crippen LogP contribution in [0.1, 0.15) is 44.2 Å². The molecule has 84 valence electrons. The number of aromatic nitrogens is 2. The molecule has 5 heteroatoms. The van der Waals surface area contributed by atoms with Crippen molar-refractivity contribution in [3.63, 3.8) is 0 Å². The van der Waals surface area contributed by atoms with Gasteiger partial charge in [0.1, 0.15) is 10.0 Å². The Morgan fingerprint density at radius 2 is 2.00 bits per heavy atom. The van der Waals surface area contributed by atoms with E-state index in [2.05, 4.69) is 9.59 Å². The van der Waals surface area contributed by atoms with Crippen LogP contribution in [0.25, 0.3) is 0 Å². The van der Waals surface area contributed by atoms with E-state index in [4.69, 9.17) is 16.3 Å². The van der Waals surface area contributed by atoms with Crippen LogP contribution in [0.3, 0.4) is 0 Å². The van der Waals surface area contributed by atoms with Crippen molar-refractivity contribution in [2.75, 3.05) is 0 Å². The number of hydrogen-bond acceptors (Lipinski definition) is 4. The SMILES string of the molecule is Clc1snnc1COC1CCCCCC1. The minimum absolute atomic E-state index is 0.394. The first kappa shape index (κ1) is 11.3. The Labute approximate surface area is 99.0 Å². The van der Waals surface area contributed by atoms with Crippen molar-refractivity contribution in [2.45, 2.75) is 51.2 Å². The normalized spacial score (nSPS) is 19.0. The molecule has 0 aromatic carbocycles. The zero-order valence-electron chi connectivity index (χ0n) is 8.62. The lowest BCUT2D eigenvalue weighted by Crippen LogP contribution is -2.11. The number of hydrogen-bond donors (Lipinski definition) is 0. The molecule has 2 rings (SSSR count). The van der Waals surface area contributed by atoms with E-state index < -0.39 is 0 Å². The van der Waals surface area contributed by atoms with Gasteiger partial charge in [-0.15, -0.1) is 5.10 Å². The third-order valence-corrected chi connectivity index (χ3v) is 3.75. The second-order valence-corrected chi connectivity index (χ2v) is 5.27. The zero-order chi connectivity index (χ0) is 10.5. The van der Waals surface area contributed by atoms with Gasteiger partial charge >= 0.3 is 0 Å². The number of nitrogens with zero attached hydrogens (tertiary/aromatic N) is 2. The first-order chi connectivity index (χ1) is 7.36. The monoisotopic (exact) mass is 246 g/mol. The molecule has 15 heavy (non-hydrogen) atoms. The summed E-state index contributed by atoms with van der Waals surface area (Å²) >= 11 is 7.12. The van der Waals surface area contributed by atoms with Gasteiger partial charge in [0.25, 0.3) is 0 Å². The standard InChI is InChI=1S/C10H15ClN2OS/c11-10-9(12-13-15-10)7-14-8-5-3-1-2-4-6-8/h8H,1-7H2. The predicted molar refractivity (Wildman–Crippen MR) is 61.2 cm³/mol. The molecule has 0 spiro atoms. The molecule has 3 nitrogen and oxygen atoms in total. The van der Waals surface area contributed by atoms with Gasteiger partial charge in [0, 0.05) is 11.5 Å². The van der Waals surface area contributed by atoms with Gasteiger partial charge in [-0.3, -0.25) is 0 Å². The smallest absolute Gasteiger partial charge is 0.139 e. The van der Waals surface area contributed by atoms with Gasteiger partial charge < -0.3 is 4.74 Å². The molecule has 0 unspecified atom stereocenters. The maximum absolute atomic E-state index is 5.90. The number of ether oxygens (including phenoxy) is 1. The van der Waals surface area contributed by atoms with Crippen molar-refractivity contribution in [1.29, 1.82) is 0 Å². The zero-order valence-corrected chi connectivity index (χ0v) is 10.2. The Kier molecular flexibility index (Phi) is 4.35. The summed E-state index contributed by atoms with van der Waals surface area (Å²) in [6, 6.07) is 0. The van der Waals surface area contributed by atoms with Crippen molar-refractivity contribution < 1.29 is 4.74 Å². The van der Waals surface area contributed by atoms with Crippen LogP contribution in [0.2, 0.25) is 4.34 Å². The second-order valence-electron chi connectivity index (χ2n) is 3.92. The average Bonchev–Trinajstić information content (AvgIpc) is 2.53. The first-order valence-electron chi connectivity index (χ1n) is 5.44. The van der Waals surface area contributed by atoms with Crippen LogP contribution in [0.15, 0.2) is 0 Å². The largest absolute Gasteiger partial charge is 0.372 e. The van der Waals surface area contributed by atoms with Crippen LogP contribution in [0, 0.1) is 0 Å². The number of rotatable bonds is 3. The molecule has 1 fully saturated rings. The van der Waals surface area contributed by atoms with Crippen LogP contribution in [-0.2, 0) is 11.3 Å². The lowest BCUT2D eigenvalue weighted by molar-refractivity contribution is 0.0292. The van der Waals surface area contributed by atoms with E-state index in [9.17, 15) is 0 Å². The second kappa shape index (κ2) is 5.77. The van der Waals surface area contributed by atoms with Crippen LogP contribution in [-0.4, -0.2) is 15.7 Å². The summed E-state index contributed by atoms with van der Waals surface area (Å²) in [7, 11) is 0. The highest BCUT2D eigenvalue weighted by Crippen LogP contribution is 2.23. The van der Waals surface area contributed by atoms with Gasteiger partial charge in [-0.2, -0.15) is 0 Å². The Morgan fingerprint density at radius 1 is 1.27 bits per heavy atom. The van der Waals surface area contributed by atoms with Gasteiger partial charge in [-0.1, -0.05) is 41.8 Å². The first-order valence-corrected chi connectivity index (χ1v) is 6.60. The maximum atomic E-state index is 5.90. The lowest BCUT2D eigenvalue weighted by Gasteiger charge is -2.13. The summed E-state index contributed by atoms with van der Waals surface area (Å²) in [6.07, 6.45) is 8.01. The van der Waals surface area contributed by atoms with Crippen LogP contribution in [0.5, 0.6) is 0 Å². The van der Waals surface area contributed by atoms with Crippen molar-refractivity contribution in [3.8, 4) is 0 Å². The van der Waals surface area contributed by atoms with Gasteiger partial charge in [0.05, 0.1) is 12.7 Å². The van der Waals surface area contributed by atoms with E-state index in [-0.39, 0.29) is 0 Å². The highest BCUT2D eigenvalue weighted by molar-refractivity contribution is 7.10. The van der Waals surface area contributed by atoms with E-state index in [1.165, 1.54) is 50.1 Å². The molecule has 0 atom stereocenters. The minimum Gasteiger partial charge on any atom is -0.372 e. The van der Waals surface area contributed by atoms with Crippen molar-refractivity contribution >= 4 is 23.1 Å². The van der Waals surface area contributed by atoms with E-state index in [0.29, 0.717) is 17.0 Å². The molecule has 0 N–H and O–H groups in total. The Bertz CT molecular complexity index is 297. The highest BCUT2D eigenvalue weighted by atomic mass is 35.5. The fraction of sp³-hybridized carbons (Fsp3) is 0.800. The minimum atomic E-state index is 0.394. The molecular weight excluding hydrogens is 232 g/mol. The molecule has 0 amide bonds. The van der Waals surface area contributed by atoms with E-state index in [1.807, 2.05) is 0 Å². The summed E-state index contributed by atoms with van der Waals surface area (Å²) < 4.78 is 10.2. The molecule has 1 aromatic rings. The Morgan fingerprint density at radius 3 is 2.60 bits per heavy atom. The Hall–Kier alpha value is -0.190. The average molecular weight is 247 g/mol. The summed E-state index contributed by atoms with van der Waals surface area (Å²) in [6.45, 7) is 0.514. The molecule has 1 aliphatic rings. The summed E-state index contributed by atoms with van der Waals surface area (Å²) in [5.74, 6) is 0. The predicted octanol–water partition coefficient (Wildman–Crippen LogP) is 3.43. The Balaban J connectivity index is 1.79. The fourth-order valence-corrected chi connectivity index (χ4v) is 2.49. The molecule has 0 saturated heterocycles. The fourth-order valence-electron chi connectivity index (χ4n) is 1.89. The summed E-state index contributed by atoms with van der Waals surface area (Å²) in [4.78, 5) is 0. The highest BCUT2D eigenvalue weighted by Gasteiger charge is 2.14.